The molecule has 0 radical (unpaired) electrons. The van der Waals surface area contributed by atoms with E-state index in [4.69, 9.17) is 0 Å². The van der Waals surface area contributed by atoms with Crippen molar-refractivity contribution in [2.45, 2.75) is 63.1 Å². The highest BCUT2D eigenvalue weighted by atomic mass is 19.4. The zero-order chi connectivity index (χ0) is 24.7. The number of amides is 1. The number of aromatic nitrogens is 3. The van der Waals surface area contributed by atoms with Crippen LogP contribution in [0.4, 0.5) is 13.2 Å². The lowest BCUT2D eigenvalue weighted by Crippen LogP contribution is -2.47. The number of nitrogens with zero attached hydrogens (tertiary/aromatic N) is 3. The van der Waals surface area contributed by atoms with Crippen LogP contribution in [0.15, 0.2) is 54.6 Å². The van der Waals surface area contributed by atoms with E-state index < -0.39 is 11.7 Å². The number of halogens is 3. The Morgan fingerprint density at radius 2 is 1.57 bits per heavy atom. The maximum Gasteiger partial charge on any atom is 0.417 e. The molecule has 6 rings (SSSR count). The maximum atomic E-state index is 13.6. The molecule has 0 atom stereocenters. The third-order valence-electron chi connectivity index (χ3n) is 8.09. The van der Waals surface area contributed by atoms with Crippen LogP contribution in [0.5, 0.6) is 0 Å². The second-order valence-electron chi connectivity index (χ2n) is 10.2. The van der Waals surface area contributed by atoms with E-state index in [1.165, 1.54) is 12.1 Å². The van der Waals surface area contributed by atoms with Gasteiger partial charge >= 0.3 is 6.18 Å². The summed E-state index contributed by atoms with van der Waals surface area (Å²) >= 11 is 0. The highest BCUT2D eigenvalue weighted by molar-refractivity contribution is 5.76. The largest absolute Gasteiger partial charge is 0.417 e. The molecule has 3 saturated carbocycles. The van der Waals surface area contributed by atoms with Crippen LogP contribution in [0.3, 0.4) is 0 Å². The van der Waals surface area contributed by atoms with Crippen LogP contribution in [-0.4, -0.2) is 20.7 Å². The van der Waals surface area contributed by atoms with Crippen LogP contribution in [0, 0.1) is 5.41 Å². The molecule has 1 amide bonds. The van der Waals surface area contributed by atoms with Crippen molar-refractivity contribution in [1.82, 2.24) is 20.1 Å². The minimum absolute atomic E-state index is 0.00712. The van der Waals surface area contributed by atoms with Crippen LogP contribution in [0.2, 0.25) is 0 Å². The minimum atomic E-state index is -4.46. The van der Waals surface area contributed by atoms with Crippen molar-refractivity contribution in [3.8, 4) is 11.4 Å². The van der Waals surface area contributed by atoms with Gasteiger partial charge in [-0.25, -0.2) is 0 Å². The van der Waals surface area contributed by atoms with Crippen LogP contribution in [0.1, 0.15) is 61.9 Å². The summed E-state index contributed by atoms with van der Waals surface area (Å²) in [6, 6.07) is 15.4. The molecule has 1 heterocycles. The van der Waals surface area contributed by atoms with Gasteiger partial charge in [-0.15, -0.1) is 10.2 Å². The summed E-state index contributed by atoms with van der Waals surface area (Å²) < 4.78 is 42.5. The molecule has 0 saturated heterocycles. The van der Waals surface area contributed by atoms with Gasteiger partial charge in [-0.05, 0) is 55.6 Å². The van der Waals surface area contributed by atoms with Gasteiger partial charge in [0.15, 0.2) is 5.82 Å². The monoisotopic (exact) mass is 482 g/mol. The van der Waals surface area contributed by atoms with Gasteiger partial charge in [0.05, 0.1) is 5.56 Å². The molecule has 2 aromatic carbocycles. The van der Waals surface area contributed by atoms with Crippen molar-refractivity contribution < 1.29 is 18.0 Å². The van der Waals surface area contributed by atoms with Gasteiger partial charge in [-0.2, -0.15) is 13.2 Å². The minimum Gasteiger partial charge on any atom is -0.352 e. The predicted octanol–water partition coefficient (Wildman–Crippen LogP) is 5.80. The van der Waals surface area contributed by atoms with E-state index in [0.717, 1.165) is 56.0 Å². The van der Waals surface area contributed by atoms with E-state index >= 15 is 0 Å². The first-order chi connectivity index (χ1) is 16.7. The molecule has 0 aliphatic heterocycles. The normalized spacial score (nSPS) is 23.9. The van der Waals surface area contributed by atoms with Gasteiger partial charge in [-0.3, -0.25) is 4.79 Å². The SMILES string of the molecule is Cn1c(-c2ccccc2C(F)(F)F)nnc1C12CCC(CC(=O)NCc3ccccc3)(CC1)CC2. The first-order valence-corrected chi connectivity index (χ1v) is 12.1. The topological polar surface area (TPSA) is 59.8 Å². The molecule has 3 fully saturated rings. The Balaban J connectivity index is 1.29. The highest BCUT2D eigenvalue weighted by Crippen LogP contribution is 2.59. The molecule has 0 unspecified atom stereocenters. The van der Waals surface area contributed by atoms with Crippen molar-refractivity contribution >= 4 is 5.91 Å². The lowest BCUT2D eigenvalue weighted by molar-refractivity contribution is -0.137. The highest BCUT2D eigenvalue weighted by Gasteiger charge is 2.52. The number of rotatable bonds is 6. The molecule has 184 valence electrons. The van der Waals surface area contributed by atoms with E-state index in [1.54, 1.807) is 17.7 Å². The molecule has 8 heteroatoms. The number of benzene rings is 2. The predicted molar refractivity (Wildman–Crippen MR) is 126 cm³/mol. The first-order valence-electron chi connectivity index (χ1n) is 12.1. The summed E-state index contributed by atoms with van der Waals surface area (Å²) in [6.45, 7) is 0.529. The lowest BCUT2D eigenvalue weighted by Gasteiger charge is -2.52. The average Bonchev–Trinajstić information content (AvgIpc) is 3.26. The Labute approximate surface area is 202 Å². The summed E-state index contributed by atoms with van der Waals surface area (Å²) in [5, 5.41) is 11.7. The fraction of sp³-hybridized carbons (Fsp3) is 0.444. The average molecular weight is 483 g/mol. The molecule has 3 aliphatic rings. The van der Waals surface area contributed by atoms with Crippen molar-refractivity contribution in [1.29, 1.82) is 0 Å². The van der Waals surface area contributed by atoms with Gasteiger partial charge in [-0.1, -0.05) is 48.5 Å². The van der Waals surface area contributed by atoms with Gasteiger partial charge in [0.2, 0.25) is 5.91 Å². The van der Waals surface area contributed by atoms with E-state index in [1.807, 2.05) is 30.3 Å². The molecule has 1 N–H and O–H groups in total. The quantitative estimate of drug-likeness (QED) is 0.483. The molecular weight excluding hydrogens is 453 g/mol. The number of carbonyl (C=O) groups excluding carboxylic acids is 1. The Bertz CT molecular complexity index is 1190. The van der Waals surface area contributed by atoms with Crippen molar-refractivity contribution in [2.75, 3.05) is 0 Å². The maximum absolute atomic E-state index is 13.6. The second kappa shape index (κ2) is 8.81. The number of nitrogens with one attached hydrogen (secondary N) is 1. The lowest BCUT2D eigenvalue weighted by atomic mass is 9.52. The zero-order valence-electron chi connectivity index (χ0n) is 19.7. The fourth-order valence-corrected chi connectivity index (χ4v) is 6.01. The summed E-state index contributed by atoms with van der Waals surface area (Å²) in [5.41, 5.74) is 0.221. The van der Waals surface area contributed by atoms with E-state index in [9.17, 15) is 18.0 Å². The van der Waals surface area contributed by atoms with Crippen molar-refractivity contribution in [3.63, 3.8) is 0 Å². The number of hydrogen-bond donors (Lipinski definition) is 1. The molecule has 0 spiro atoms. The van der Waals surface area contributed by atoms with E-state index in [2.05, 4.69) is 15.5 Å². The number of hydrogen-bond acceptors (Lipinski definition) is 3. The Morgan fingerprint density at radius 1 is 0.943 bits per heavy atom. The summed E-state index contributed by atoms with van der Waals surface area (Å²) in [6.07, 6.45) is 1.38. The van der Waals surface area contributed by atoms with Gasteiger partial charge in [0.1, 0.15) is 5.82 Å². The number of alkyl halides is 3. The van der Waals surface area contributed by atoms with Gasteiger partial charge in [0.25, 0.3) is 0 Å². The summed E-state index contributed by atoms with van der Waals surface area (Å²) in [7, 11) is 1.76. The van der Waals surface area contributed by atoms with Gasteiger partial charge in [0, 0.05) is 31.0 Å². The van der Waals surface area contributed by atoms with Crippen LogP contribution >= 0.6 is 0 Å². The first kappa shape index (κ1) is 23.6. The van der Waals surface area contributed by atoms with Crippen LogP contribution in [0.25, 0.3) is 11.4 Å². The summed E-state index contributed by atoms with van der Waals surface area (Å²) in [5.74, 6) is 1.07. The third kappa shape index (κ3) is 4.46. The Kier molecular flexibility index (Phi) is 5.93. The van der Waals surface area contributed by atoms with E-state index in [-0.39, 0.29) is 28.1 Å². The molecule has 2 bridgehead atoms. The summed E-state index contributed by atoms with van der Waals surface area (Å²) in [4.78, 5) is 12.7. The van der Waals surface area contributed by atoms with Gasteiger partial charge < -0.3 is 9.88 Å². The van der Waals surface area contributed by atoms with Crippen molar-refractivity contribution in [2.24, 2.45) is 12.5 Å². The fourth-order valence-electron chi connectivity index (χ4n) is 6.01. The van der Waals surface area contributed by atoms with Crippen molar-refractivity contribution in [3.05, 3.63) is 71.5 Å². The smallest absolute Gasteiger partial charge is 0.352 e. The molecule has 35 heavy (non-hydrogen) atoms. The van der Waals surface area contributed by atoms with Crippen LogP contribution in [-0.2, 0) is 30.0 Å². The number of carbonyl (C=O) groups is 1. The molecular formula is C27H29F3N4O. The van der Waals surface area contributed by atoms with Crippen LogP contribution < -0.4 is 5.32 Å². The Hall–Kier alpha value is -3.16. The zero-order valence-corrected chi connectivity index (χ0v) is 19.7. The second-order valence-corrected chi connectivity index (χ2v) is 10.2. The molecule has 1 aromatic heterocycles. The van der Waals surface area contributed by atoms with E-state index in [0.29, 0.717) is 13.0 Å². The standard InChI is InChI=1S/C27H29F3N4O/c1-34-23(20-9-5-6-10-21(20)27(28,29)30)32-33-24(34)26-14-11-25(12-15-26,13-16-26)17-22(35)31-18-19-7-3-2-4-8-19/h2-10H,11-18H2,1H3,(H,31,35). The Morgan fingerprint density at radius 3 is 2.23 bits per heavy atom. The molecule has 5 nitrogen and oxygen atoms in total. The third-order valence-corrected chi connectivity index (χ3v) is 8.09. The molecule has 3 aliphatic carbocycles. The molecule has 3 aromatic rings. The number of fused-ring (bicyclic) bond motifs is 3.